The third-order valence-electron chi connectivity index (χ3n) is 7.11. The number of H-pyrrole nitrogens is 1. The molecule has 0 aliphatic heterocycles. The van der Waals surface area contributed by atoms with Crippen molar-refractivity contribution in [3.8, 4) is 0 Å². The molecule has 2 heterocycles. The van der Waals surface area contributed by atoms with Gasteiger partial charge in [-0.3, -0.25) is 14.9 Å². The van der Waals surface area contributed by atoms with Crippen LogP contribution in [0.15, 0.2) is 42.9 Å². The largest absolute Gasteiger partial charge is 0.395 e. The number of nitrogens with one attached hydrogen (secondary N) is 1. The van der Waals surface area contributed by atoms with Gasteiger partial charge in [0.05, 0.1) is 22.2 Å². The van der Waals surface area contributed by atoms with Crippen LogP contribution in [0.4, 0.5) is 13.2 Å². The van der Waals surface area contributed by atoms with Gasteiger partial charge in [-0.05, 0) is 63.0 Å². The molecule has 3 aromatic rings. The van der Waals surface area contributed by atoms with Crippen molar-refractivity contribution in [2.75, 3.05) is 14.1 Å². The third-order valence-corrected chi connectivity index (χ3v) is 7.56. The highest BCUT2D eigenvalue weighted by Crippen LogP contribution is 2.67. The highest BCUT2D eigenvalue weighted by molar-refractivity contribution is 6.36. The summed E-state index contributed by atoms with van der Waals surface area (Å²) >= 11 is 6.60. The lowest BCUT2D eigenvalue weighted by molar-refractivity contribution is -0.198. The number of aromatic amines is 1. The van der Waals surface area contributed by atoms with E-state index in [9.17, 15) is 18.0 Å². The lowest BCUT2D eigenvalue weighted by atomic mass is 9.71. The maximum absolute atomic E-state index is 14.3. The lowest BCUT2D eigenvalue weighted by Gasteiger charge is -2.37. The van der Waals surface area contributed by atoms with Crippen molar-refractivity contribution in [2.45, 2.75) is 43.8 Å². The zero-order valence-corrected chi connectivity index (χ0v) is 19.7. The van der Waals surface area contributed by atoms with E-state index in [2.05, 4.69) is 15.2 Å². The van der Waals surface area contributed by atoms with Crippen LogP contribution in [-0.4, -0.2) is 52.3 Å². The summed E-state index contributed by atoms with van der Waals surface area (Å²) < 4.78 is 42.8. The SMILES string of the molecule is CN(C)[C@H](Cc1ccc2[nH]ncc2c1Cl)CC(C(N)=O)C(c1cccnc1)C1(C(F)(F)F)CC1. The Balaban J connectivity index is 1.70. The molecule has 1 amide bonds. The number of rotatable bonds is 9. The molecule has 4 rings (SSSR count). The summed E-state index contributed by atoms with van der Waals surface area (Å²) in [6, 6.07) is 6.66. The number of halogens is 4. The van der Waals surface area contributed by atoms with Gasteiger partial charge in [-0.1, -0.05) is 23.7 Å². The number of nitrogens with zero attached hydrogens (tertiary/aromatic N) is 3. The van der Waals surface area contributed by atoms with Gasteiger partial charge in [-0.15, -0.1) is 0 Å². The van der Waals surface area contributed by atoms with Crippen molar-refractivity contribution in [3.05, 3.63) is 59.0 Å². The quantitative estimate of drug-likeness (QED) is 0.452. The molecule has 1 saturated carbocycles. The standard InChI is InChI=1S/C24H27ClF3N5O/c1-33(2)16(10-14-5-6-19-18(21(14)25)13-31-32-19)11-17(22(29)34)20(15-4-3-9-30-12-15)23(7-8-23)24(26,27)28/h3-6,9,12-13,16-17,20H,7-8,10-11H2,1-2H3,(H2,29,34)(H,31,32)/t16-,17?,20?/m1/s1. The van der Waals surface area contributed by atoms with Crippen molar-refractivity contribution in [3.63, 3.8) is 0 Å². The van der Waals surface area contributed by atoms with Gasteiger partial charge >= 0.3 is 6.18 Å². The van der Waals surface area contributed by atoms with E-state index in [0.717, 1.165) is 16.5 Å². The Bertz CT molecular complexity index is 1160. The number of aromatic nitrogens is 3. The summed E-state index contributed by atoms with van der Waals surface area (Å²) in [5.41, 5.74) is 5.83. The zero-order chi connectivity index (χ0) is 24.7. The van der Waals surface area contributed by atoms with Crippen LogP contribution in [0, 0.1) is 11.3 Å². The maximum Gasteiger partial charge on any atom is 0.395 e. The molecule has 0 bridgehead atoms. The Labute approximate surface area is 200 Å². The van der Waals surface area contributed by atoms with Crippen LogP contribution >= 0.6 is 11.6 Å². The number of nitrogens with two attached hydrogens (primary N) is 1. The van der Waals surface area contributed by atoms with Gasteiger partial charge in [0, 0.05) is 35.7 Å². The van der Waals surface area contributed by atoms with Gasteiger partial charge in [-0.2, -0.15) is 18.3 Å². The van der Waals surface area contributed by atoms with E-state index >= 15 is 0 Å². The molecule has 3 atom stereocenters. The zero-order valence-electron chi connectivity index (χ0n) is 18.9. The highest BCUT2D eigenvalue weighted by atomic mass is 35.5. The molecule has 3 N–H and O–H groups in total. The normalized spacial score (nSPS) is 18.1. The summed E-state index contributed by atoms with van der Waals surface area (Å²) in [6.07, 6.45) is 0.630. The second kappa shape index (κ2) is 9.19. The van der Waals surface area contributed by atoms with E-state index in [0.29, 0.717) is 17.0 Å². The number of hydrogen-bond donors (Lipinski definition) is 2. The predicted octanol–water partition coefficient (Wildman–Crippen LogP) is 4.70. The first-order valence-corrected chi connectivity index (χ1v) is 11.5. The molecule has 182 valence electrons. The molecule has 1 aliphatic rings. The Kier molecular flexibility index (Phi) is 6.61. The Morgan fingerprint density at radius 2 is 2.00 bits per heavy atom. The molecule has 0 radical (unpaired) electrons. The molecule has 1 aliphatic carbocycles. The van der Waals surface area contributed by atoms with E-state index in [4.69, 9.17) is 17.3 Å². The molecular formula is C24H27ClF3N5O. The van der Waals surface area contributed by atoms with Crippen molar-refractivity contribution in [1.82, 2.24) is 20.1 Å². The fraction of sp³-hybridized carbons (Fsp3) is 0.458. The minimum absolute atomic E-state index is 0.0323. The summed E-state index contributed by atoms with van der Waals surface area (Å²) in [7, 11) is 3.67. The van der Waals surface area contributed by atoms with E-state index in [1.807, 2.05) is 31.1 Å². The summed E-state index contributed by atoms with van der Waals surface area (Å²) in [6.45, 7) is 0. The molecule has 0 spiro atoms. The summed E-state index contributed by atoms with van der Waals surface area (Å²) in [4.78, 5) is 18.6. The Morgan fingerprint density at radius 3 is 2.56 bits per heavy atom. The number of carbonyl (C=O) groups is 1. The molecular weight excluding hydrogens is 467 g/mol. The number of pyridine rings is 1. The summed E-state index contributed by atoms with van der Waals surface area (Å²) in [5.74, 6) is -2.88. The predicted molar refractivity (Wildman–Crippen MR) is 124 cm³/mol. The first kappa shape index (κ1) is 24.5. The highest BCUT2D eigenvalue weighted by Gasteiger charge is 2.69. The number of fused-ring (bicyclic) bond motifs is 1. The van der Waals surface area contributed by atoms with E-state index in [1.54, 1.807) is 18.3 Å². The first-order valence-electron chi connectivity index (χ1n) is 11.1. The van der Waals surface area contributed by atoms with Crippen LogP contribution in [-0.2, 0) is 11.2 Å². The average molecular weight is 494 g/mol. The molecule has 1 aromatic carbocycles. The maximum atomic E-state index is 14.3. The topological polar surface area (TPSA) is 87.9 Å². The van der Waals surface area contributed by atoms with Crippen molar-refractivity contribution in [1.29, 1.82) is 0 Å². The molecule has 2 unspecified atom stereocenters. The number of hydrogen-bond acceptors (Lipinski definition) is 4. The monoisotopic (exact) mass is 493 g/mol. The molecule has 6 nitrogen and oxygen atoms in total. The third kappa shape index (κ3) is 4.51. The Hall–Kier alpha value is -2.65. The molecule has 1 fully saturated rings. The first-order chi connectivity index (χ1) is 16.0. The van der Waals surface area contributed by atoms with Gasteiger partial charge in [0.25, 0.3) is 0 Å². The smallest absolute Gasteiger partial charge is 0.369 e. The van der Waals surface area contributed by atoms with Gasteiger partial charge in [0.2, 0.25) is 5.91 Å². The van der Waals surface area contributed by atoms with Gasteiger partial charge in [-0.25, -0.2) is 0 Å². The summed E-state index contributed by atoms with van der Waals surface area (Å²) in [5, 5.41) is 8.18. The number of carbonyl (C=O) groups excluding carboxylic acids is 1. The van der Waals surface area contributed by atoms with Crippen LogP contribution in [0.1, 0.15) is 36.3 Å². The minimum Gasteiger partial charge on any atom is -0.369 e. The van der Waals surface area contributed by atoms with Gasteiger partial charge in [0.15, 0.2) is 0 Å². The number of alkyl halides is 3. The number of benzene rings is 1. The average Bonchev–Trinajstić information content (AvgIpc) is 3.44. The number of primary amides is 1. The van der Waals surface area contributed by atoms with Crippen LogP contribution < -0.4 is 5.73 Å². The second-order valence-electron chi connectivity index (χ2n) is 9.35. The van der Waals surface area contributed by atoms with Crippen molar-refractivity contribution in [2.24, 2.45) is 17.1 Å². The van der Waals surface area contributed by atoms with Gasteiger partial charge < -0.3 is 10.6 Å². The second-order valence-corrected chi connectivity index (χ2v) is 9.73. The molecule has 10 heteroatoms. The van der Waals surface area contributed by atoms with Gasteiger partial charge in [0.1, 0.15) is 0 Å². The Morgan fingerprint density at radius 1 is 1.26 bits per heavy atom. The molecule has 2 aromatic heterocycles. The number of amides is 1. The van der Waals surface area contributed by atoms with E-state index in [1.165, 1.54) is 12.4 Å². The van der Waals surface area contributed by atoms with Crippen LogP contribution in [0.25, 0.3) is 10.9 Å². The van der Waals surface area contributed by atoms with Crippen molar-refractivity contribution < 1.29 is 18.0 Å². The molecule has 34 heavy (non-hydrogen) atoms. The van der Waals surface area contributed by atoms with Crippen LogP contribution in [0.5, 0.6) is 0 Å². The fourth-order valence-electron chi connectivity index (χ4n) is 5.03. The van der Waals surface area contributed by atoms with Crippen molar-refractivity contribution >= 4 is 28.4 Å². The lowest BCUT2D eigenvalue weighted by Crippen LogP contribution is -2.43. The number of likely N-dealkylation sites (N-methyl/N-ethyl adjacent to an activating group) is 1. The van der Waals surface area contributed by atoms with E-state index < -0.39 is 29.3 Å². The fourth-order valence-corrected chi connectivity index (χ4v) is 5.32. The van der Waals surface area contributed by atoms with E-state index in [-0.39, 0.29) is 25.3 Å². The van der Waals surface area contributed by atoms with Crippen LogP contribution in [0.2, 0.25) is 5.02 Å². The van der Waals surface area contributed by atoms with Crippen LogP contribution in [0.3, 0.4) is 0 Å². The minimum atomic E-state index is -4.45. The molecule has 0 saturated heterocycles.